The smallest absolute Gasteiger partial charge is 0.320 e. The van der Waals surface area contributed by atoms with E-state index in [2.05, 4.69) is 24.0 Å². The van der Waals surface area contributed by atoms with Crippen molar-refractivity contribution in [3.8, 4) is 0 Å². The van der Waals surface area contributed by atoms with Crippen LogP contribution in [0.15, 0.2) is 30.3 Å². The van der Waals surface area contributed by atoms with Gasteiger partial charge in [-0.05, 0) is 31.9 Å². The monoisotopic (exact) mass is 249 g/mol. The van der Waals surface area contributed by atoms with Crippen LogP contribution in [0.3, 0.4) is 0 Å². The van der Waals surface area contributed by atoms with Crippen molar-refractivity contribution in [1.29, 1.82) is 0 Å². The van der Waals surface area contributed by atoms with Gasteiger partial charge in [-0.1, -0.05) is 37.3 Å². The minimum atomic E-state index is -0.126. The maximum Gasteiger partial charge on any atom is 0.320 e. The fourth-order valence-electron chi connectivity index (χ4n) is 1.91. The van der Waals surface area contributed by atoms with Crippen LogP contribution < -0.4 is 0 Å². The predicted molar refractivity (Wildman–Crippen MR) is 73.5 cm³/mol. The Morgan fingerprint density at radius 1 is 1.17 bits per heavy atom. The average Bonchev–Trinajstić information content (AvgIpc) is 2.38. The van der Waals surface area contributed by atoms with E-state index in [0.717, 1.165) is 25.9 Å². The molecule has 1 aromatic carbocycles. The molecule has 0 N–H and O–H groups in total. The van der Waals surface area contributed by atoms with Crippen LogP contribution in [0.5, 0.6) is 0 Å². The molecule has 0 spiro atoms. The maximum absolute atomic E-state index is 11.5. The second kappa shape index (κ2) is 8.70. The Kier molecular flexibility index (Phi) is 7.11. The quantitative estimate of drug-likeness (QED) is 0.663. The Labute approximate surface area is 110 Å². The van der Waals surface area contributed by atoms with Gasteiger partial charge in [0.05, 0.1) is 13.2 Å². The summed E-state index contributed by atoms with van der Waals surface area (Å²) < 4.78 is 4.99. The van der Waals surface area contributed by atoms with Gasteiger partial charge in [0.1, 0.15) is 0 Å². The number of esters is 1. The Balaban J connectivity index is 2.40. The predicted octanol–water partition coefficient (Wildman–Crippen LogP) is 2.50. The highest BCUT2D eigenvalue weighted by Crippen LogP contribution is 2.02. The molecule has 0 atom stereocenters. The van der Waals surface area contributed by atoms with E-state index in [-0.39, 0.29) is 5.97 Å². The van der Waals surface area contributed by atoms with E-state index in [4.69, 9.17) is 4.74 Å². The summed E-state index contributed by atoms with van der Waals surface area (Å²) in [5.41, 5.74) is 1.31. The number of benzene rings is 1. The van der Waals surface area contributed by atoms with Crippen LogP contribution in [0, 0.1) is 0 Å². The Morgan fingerprint density at radius 3 is 2.50 bits per heavy atom. The first-order chi connectivity index (χ1) is 8.76. The van der Waals surface area contributed by atoms with Crippen LogP contribution in [-0.2, 0) is 16.0 Å². The average molecular weight is 249 g/mol. The number of nitrogens with zero attached hydrogens (tertiary/aromatic N) is 1. The van der Waals surface area contributed by atoms with E-state index in [1.807, 2.05) is 25.1 Å². The SMILES string of the molecule is CCCN(CCc1ccccc1)CC(=O)OCC. The van der Waals surface area contributed by atoms with Gasteiger partial charge < -0.3 is 4.74 Å². The van der Waals surface area contributed by atoms with E-state index in [9.17, 15) is 4.79 Å². The zero-order valence-electron chi connectivity index (χ0n) is 11.4. The molecule has 3 nitrogen and oxygen atoms in total. The molecule has 0 heterocycles. The van der Waals surface area contributed by atoms with Gasteiger partial charge in [0, 0.05) is 6.54 Å². The first-order valence-electron chi connectivity index (χ1n) is 6.68. The highest BCUT2D eigenvalue weighted by atomic mass is 16.5. The van der Waals surface area contributed by atoms with E-state index in [1.165, 1.54) is 5.56 Å². The zero-order chi connectivity index (χ0) is 13.2. The third-order valence-corrected chi connectivity index (χ3v) is 2.76. The minimum Gasteiger partial charge on any atom is -0.465 e. The van der Waals surface area contributed by atoms with Gasteiger partial charge in [-0.2, -0.15) is 0 Å². The van der Waals surface area contributed by atoms with Crippen molar-refractivity contribution in [3.05, 3.63) is 35.9 Å². The van der Waals surface area contributed by atoms with E-state index in [1.54, 1.807) is 0 Å². The van der Waals surface area contributed by atoms with Gasteiger partial charge in [-0.3, -0.25) is 9.69 Å². The molecule has 0 amide bonds. The first-order valence-corrected chi connectivity index (χ1v) is 6.68. The lowest BCUT2D eigenvalue weighted by atomic mass is 10.1. The van der Waals surface area contributed by atoms with Crippen molar-refractivity contribution < 1.29 is 9.53 Å². The molecule has 0 unspecified atom stereocenters. The highest BCUT2D eigenvalue weighted by molar-refractivity contribution is 5.71. The lowest BCUT2D eigenvalue weighted by Gasteiger charge is -2.20. The number of rotatable bonds is 8. The van der Waals surface area contributed by atoms with Crippen molar-refractivity contribution in [2.75, 3.05) is 26.2 Å². The molecule has 0 aliphatic rings. The van der Waals surface area contributed by atoms with Gasteiger partial charge in [-0.25, -0.2) is 0 Å². The van der Waals surface area contributed by atoms with E-state index in [0.29, 0.717) is 13.2 Å². The Morgan fingerprint density at radius 2 is 1.89 bits per heavy atom. The minimum absolute atomic E-state index is 0.126. The summed E-state index contributed by atoms with van der Waals surface area (Å²) in [5, 5.41) is 0. The fourth-order valence-corrected chi connectivity index (χ4v) is 1.91. The Bertz CT molecular complexity index is 338. The molecule has 0 bridgehead atoms. The third-order valence-electron chi connectivity index (χ3n) is 2.76. The van der Waals surface area contributed by atoms with Gasteiger partial charge >= 0.3 is 5.97 Å². The molecular formula is C15H23NO2. The molecule has 0 aromatic heterocycles. The van der Waals surface area contributed by atoms with Crippen LogP contribution in [0.1, 0.15) is 25.8 Å². The van der Waals surface area contributed by atoms with Gasteiger partial charge in [-0.15, -0.1) is 0 Å². The molecular weight excluding hydrogens is 226 g/mol. The van der Waals surface area contributed by atoms with E-state index < -0.39 is 0 Å². The standard InChI is InChI=1S/C15H23NO2/c1-3-11-16(13-15(17)18-4-2)12-10-14-8-6-5-7-9-14/h5-9H,3-4,10-13H2,1-2H3. The molecule has 0 radical (unpaired) electrons. The van der Waals surface area contributed by atoms with Gasteiger partial charge in [0.2, 0.25) is 0 Å². The lowest BCUT2D eigenvalue weighted by Crippen LogP contribution is -2.33. The van der Waals surface area contributed by atoms with Crippen LogP contribution in [0.25, 0.3) is 0 Å². The molecule has 1 rings (SSSR count). The largest absolute Gasteiger partial charge is 0.465 e. The number of ether oxygens (including phenoxy) is 1. The summed E-state index contributed by atoms with van der Waals surface area (Å²) >= 11 is 0. The highest BCUT2D eigenvalue weighted by Gasteiger charge is 2.10. The second-order valence-electron chi connectivity index (χ2n) is 4.32. The molecule has 0 fully saturated rings. The van der Waals surface area contributed by atoms with Crippen LogP contribution >= 0.6 is 0 Å². The zero-order valence-corrected chi connectivity index (χ0v) is 11.4. The third kappa shape index (κ3) is 5.82. The van der Waals surface area contributed by atoms with Crippen molar-refractivity contribution in [1.82, 2.24) is 4.90 Å². The number of carbonyl (C=O) groups excluding carboxylic acids is 1. The number of carbonyl (C=O) groups is 1. The van der Waals surface area contributed by atoms with Crippen molar-refractivity contribution in [3.63, 3.8) is 0 Å². The van der Waals surface area contributed by atoms with Crippen LogP contribution in [-0.4, -0.2) is 37.1 Å². The molecule has 1 aromatic rings. The summed E-state index contributed by atoms with van der Waals surface area (Å²) in [7, 11) is 0. The first kappa shape index (κ1) is 14.7. The summed E-state index contributed by atoms with van der Waals surface area (Å²) in [6.07, 6.45) is 2.02. The molecule has 0 saturated heterocycles. The molecule has 0 aliphatic carbocycles. The second-order valence-corrected chi connectivity index (χ2v) is 4.32. The molecule has 0 aliphatic heterocycles. The Hall–Kier alpha value is -1.35. The topological polar surface area (TPSA) is 29.5 Å². The maximum atomic E-state index is 11.5. The van der Waals surface area contributed by atoms with Crippen LogP contribution in [0.2, 0.25) is 0 Å². The molecule has 100 valence electrons. The molecule has 3 heteroatoms. The van der Waals surface area contributed by atoms with Gasteiger partial charge in [0.15, 0.2) is 0 Å². The fraction of sp³-hybridized carbons (Fsp3) is 0.533. The number of hydrogen-bond donors (Lipinski definition) is 0. The van der Waals surface area contributed by atoms with Gasteiger partial charge in [0.25, 0.3) is 0 Å². The lowest BCUT2D eigenvalue weighted by molar-refractivity contribution is -0.144. The van der Waals surface area contributed by atoms with Crippen LogP contribution in [0.4, 0.5) is 0 Å². The van der Waals surface area contributed by atoms with Crippen molar-refractivity contribution >= 4 is 5.97 Å². The number of hydrogen-bond acceptors (Lipinski definition) is 3. The summed E-state index contributed by atoms with van der Waals surface area (Å²) in [4.78, 5) is 13.6. The van der Waals surface area contributed by atoms with Crippen molar-refractivity contribution in [2.24, 2.45) is 0 Å². The summed E-state index contributed by atoms with van der Waals surface area (Å²) in [6, 6.07) is 10.4. The van der Waals surface area contributed by atoms with Crippen molar-refractivity contribution in [2.45, 2.75) is 26.7 Å². The molecule has 18 heavy (non-hydrogen) atoms. The van der Waals surface area contributed by atoms with E-state index >= 15 is 0 Å². The normalized spacial score (nSPS) is 10.6. The molecule has 0 saturated carbocycles. The summed E-state index contributed by atoms with van der Waals surface area (Å²) in [6.45, 7) is 6.65. The summed E-state index contributed by atoms with van der Waals surface area (Å²) in [5.74, 6) is -0.126.